The lowest BCUT2D eigenvalue weighted by Gasteiger charge is -2.25. The summed E-state index contributed by atoms with van der Waals surface area (Å²) in [5.74, 6) is -0.0340. The Kier molecular flexibility index (Phi) is 5.34. The predicted molar refractivity (Wildman–Crippen MR) is 93.8 cm³/mol. The predicted octanol–water partition coefficient (Wildman–Crippen LogP) is 2.51. The van der Waals surface area contributed by atoms with Crippen LogP contribution >= 0.6 is 0 Å². The lowest BCUT2D eigenvalue weighted by Crippen LogP contribution is -2.38. The number of hydrogen-bond acceptors (Lipinski definition) is 7. The average Bonchev–Trinajstić information content (AvgIpc) is 3.11. The lowest BCUT2D eigenvalue weighted by atomic mass is 10.1. The van der Waals surface area contributed by atoms with Crippen LogP contribution in [0.5, 0.6) is 11.5 Å². The molecule has 0 atom stereocenters. The Morgan fingerprint density at radius 1 is 1.07 bits per heavy atom. The number of hydrogen-bond donors (Lipinski definition) is 0. The van der Waals surface area contributed by atoms with Gasteiger partial charge in [0, 0.05) is 19.2 Å². The second-order valence-electron chi connectivity index (χ2n) is 6.04. The van der Waals surface area contributed by atoms with Gasteiger partial charge < -0.3 is 14.4 Å². The third kappa shape index (κ3) is 4.05. The van der Waals surface area contributed by atoms with Crippen molar-refractivity contribution in [2.75, 3.05) is 19.9 Å². The Bertz CT molecular complexity index is 841. The maximum absolute atomic E-state index is 12.3. The third-order valence-corrected chi connectivity index (χ3v) is 4.31. The molecule has 1 fully saturated rings. The molecule has 10 nitrogen and oxygen atoms in total. The number of amides is 1. The summed E-state index contributed by atoms with van der Waals surface area (Å²) in [6.45, 7) is 0.943. The van der Waals surface area contributed by atoms with Gasteiger partial charge in [-0.2, -0.15) is 0 Å². The number of fused-ring (bicyclic) bond motifs is 1. The normalized spacial score (nSPS) is 16.6. The molecule has 0 bridgehead atoms. The summed E-state index contributed by atoms with van der Waals surface area (Å²) in [5, 5.41) is 22.5. The molecule has 0 saturated carbocycles. The van der Waals surface area contributed by atoms with E-state index in [-0.39, 0.29) is 23.8 Å². The van der Waals surface area contributed by atoms with Gasteiger partial charge in [-0.1, -0.05) is 6.08 Å². The van der Waals surface area contributed by atoms with E-state index in [1.807, 2.05) is 0 Å². The summed E-state index contributed by atoms with van der Waals surface area (Å²) in [7, 11) is 0. The van der Waals surface area contributed by atoms with Crippen LogP contribution in [-0.4, -0.2) is 40.5 Å². The quantitative estimate of drug-likeness (QED) is 0.335. The topological polar surface area (TPSA) is 125 Å². The van der Waals surface area contributed by atoms with Crippen LogP contribution in [0, 0.1) is 20.2 Å². The third-order valence-electron chi connectivity index (χ3n) is 4.31. The number of benzene rings is 1. The molecule has 2 heterocycles. The molecule has 142 valence electrons. The highest BCUT2D eigenvalue weighted by atomic mass is 16.7. The number of nitro groups is 2. The van der Waals surface area contributed by atoms with E-state index in [4.69, 9.17) is 9.47 Å². The molecule has 0 aliphatic carbocycles. The SMILES string of the molecule is O=C(/C(=C\C=C\c1cc2c(cc1[N+](=O)[O-])OCO2)[N+](=O)[O-])N1CCCCC1. The average molecular weight is 375 g/mol. The fourth-order valence-electron chi connectivity index (χ4n) is 2.95. The van der Waals surface area contributed by atoms with E-state index in [2.05, 4.69) is 0 Å². The highest BCUT2D eigenvalue weighted by Gasteiger charge is 2.28. The Hall–Kier alpha value is -3.43. The van der Waals surface area contributed by atoms with Crippen molar-refractivity contribution in [1.29, 1.82) is 0 Å². The molecule has 27 heavy (non-hydrogen) atoms. The standard InChI is InChI=1S/C17H17N3O7/c21-17(18-7-2-1-3-8-18)13(19(22)23)6-4-5-12-9-15-16(27-11-26-15)10-14(12)20(24)25/h4-6,9-10H,1-3,7-8,11H2/b5-4+,13-6+. The minimum Gasteiger partial charge on any atom is -0.454 e. The van der Waals surface area contributed by atoms with Crippen molar-refractivity contribution in [3.8, 4) is 11.5 Å². The zero-order chi connectivity index (χ0) is 19.4. The molecule has 0 aromatic heterocycles. The molecule has 1 amide bonds. The van der Waals surface area contributed by atoms with Crippen molar-refractivity contribution in [3.05, 3.63) is 55.8 Å². The van der Waals surface area contributed by atoms with Crippen LogP contribution in [-0.2, 0) is 4.79 Å². The largest absolute Gasteiger partial charge is 0.454 e. The number of piperidine rings is 1. The van der Waals surface area contributed by atoms with E-state index in [1.54, 1.807) is 0 Å². The first-order valence-corrected chi connectivity index (χ1v) is 8.37. The lowest BCUT2D eigenvalue weighted by molar-refractivity contribution is -0.420. The number of ether oxygens (including phenoxy) is 2. The van der Waals surface area contributed by atoms with Gasteiger partial charge in [-0.3, -0.25) is 25.0 Å². The number of carbonyl (C=O) groups excluding carboxylic acids is 1. The van der Waals surface area contributed by atoms with Gasteiger partial charge in [-0.25, -0.2) is 0 Å². The van der Waals surface area contributed by atoms with Crippen LogP contribution in [0.1, 0.15) is 24.8 Å². The Morgan fingerprint density at radius 2 is 1.74 bits per heavy atom. The second kappa shape index (κ2) is 7.85. The molecular formula is C17H17N3O7. The summed E-state index contributed by atoms with van der Waals surface area (Å²) in [6.07, 6.45) is 6.27. The fraction of sp³-hybridized carbons (Fsp3) is 0.353. The maximum atomic E-state index is 12.3. The number of nitro benzene ring substituents is 1. The number of allylic oxidation sites excluding steroid dienone is 2. The summed E-state index contributed by atoms with van der Waals surface area (Å²) in [6, 6.07) is 2.65. The van der Waals surface area contributed by atoms with Crippen LogP contribution < -0.4 is 9.47 Å². The van der Waals surface area contributed by atoms with Crippen molar-refractivity contribution in [2.45, 2.75) is 19.3 Å². The van der Waals surface area contributed by atoms with Gasteiger partial charge in [-0.15, -0.1) is 0 Å². The van der Waals surface area contributed by atoms with Crippen molar-refractivity contribution >= 4 is 17.7 Å². The highest BCUT2D eigenvalue weighted by molar-refractivity contribution is 5.91. The van der Waals surface area contributed by atoms with Crippen molar-refractivity contribution in [1.82, 2.24) is 4.90 Å². The van der Waals surface area contributed by atoms with Gasteiger partial charge in [0.2, 0.25) is 6.79 Å². The number of nitrogens with zero attached hydrogens (tertiary/aromatic N) is 3. The summed E-state index contributed by atoms with van der Waals surface area (Å²) in [5.41, 5.74) is -0.612. The van der Waals surface area contributed by atoms with Crippen LogP contribution in [0.4, 0.5) is 5.69 Å². The molecule has 1 aromatic rings. The smallest absolute Gasteiger partial charge is 0.333 e. The van der Waals surface area contributed by atoms with Gasteiger partial charge in [0.1, 0.15) is 0 Å². The molecule has 0 N–H and O–H groups in total. The number of likely N-dealkylation sites (tertiary alicyclic amines) is 1. The molecule has 10 heteroatoms. The number of carbonyl (C=O) groups is 1. The molecule has 0 radical (unpaired) electrons. The van der Waals surface area contributed by atoms with Gasteiger partial charge >= 0.3 is 11.6 Å². The van der Waals surface area contributed by atoms with Gasteiger partial charge in [0.25, 0.3) is 5.69 Å². The molecule has 2 aliphatic heterocycles. The molecule has 0 unspecified atom stereocenters. The van der Waals surface area contributed by atoms with Gasteiger partial charge in [-0.05, 0) is 31.4 Å². The van der Waals surface area contributed by atoms with E-state index >= 15 is 0 Å². The van der Waals surface area contributed by atoms with Gasteiger partial charge in [0.05, 0.1) is 21.5 Å². The van der Waals surface area contributed by atoms with E-state index in [1.165, 1.54) is 29.2 Å². The monoisotopic (exact) mass is 375 g/mol. The summed E-state index contributed by atoms with van der Waals surface area (Å²) in [4.78, 5) is 35.0. The van der Waals surface area contributed by atoms with E-state index in [0.29, 0.717) is 18.8 Å². The van der Waals surface area contributed by atoms with Crippen molar-refractivity contribution in [2.24, 2.45) is 0 Å². The maximum Gasteiger partial charge on any atom is 0.333 e. The van der Waals surface area contributed by atoms with E-state index in [0.717, 1.165) is 25.3 Å². The second-order valence-corrected chi connectivity index (χ2v) is 6.04. The minimum atomic E-state index is -0.741. The summed E-state index contributed by atoms with van der Waals surface area (Å²) >= 11 is 0. The van der Waals surface area contributed by atoms with Crippen LogP contribution in [0.25, 0.3) is 6.08 Å². The first-order valence-electron chi connectivity index (χ1n) is 8.37. The first kappa shape index (κ1) is 18.4. The minimum absolute atomic E-state index is 0.0324. The highest BCUT2D eigenvalue weighted by Crippen LogP contribution is 2.38. The van der Waals surface area contributed by atoms with E-state index < -0.39 is 21.5 Å². The van der Waals surface area contributed by atoms with Gasteiger partial charge in [0.15, 0.2) is 11.5 Å². The Labute approximate surface area is 154 Å². The first-order chi connectivity index (χ1) is 13.0. The van der Waals surface area contributed by atoms with E-state index in [9.17, 15) is 25.0 Å². The molecular weight excluding hydrogens is 358 g/mol. The zero-order valence-electron chi connectivity index (χ0n) is 14.3. The number of rotatable bonds is 5. The molecule has 0 spiro atoms. The van der Waals surface area contributed by atoms with Crippen molar-refractivity contribution in [3.63, 3.8) is 0 Å². The van der Waals surface area contributed by atoms with Crippen LogP contribution in [0.15, 0.2) is 30.0 Å². The van der Waals surface area contributed by atoms with Crippen LogP contribution in [0.2, 0.25) is 0 Å². The zero-order valence-corrected chi connectivity index (χ0v) is 14.3. The van der Waals surface area contributed by atoms with Crippen molar-refractivity contribution < 1.29 is 24.1 Å². The molecule has 1 saturated heterocycles. The Morgan fingerprint density at radius 3 is 2.37 bits per heavy atom. The molecule has 3 rings (SSSR count). The molecule has 2 aliphatic rings. The van der Waals surface area contributed by atoms with Crippen LogP contribution in [0.3, 0.4) is 0 Å². The Balaban J connectivity index is 1.86. The summed E-state index contributed by atoms with van der Waals surface area (Å²) < 4.78 is 10.3. The fourth-order valence-corrected chi connectivity index (χ4v) is 2.95. The molecule has 1 aromatic carbocycles.